The van der Waals surface area contributed by atoms with Gasteiger partial charge in [0.2, 0.25) is 17.7 Å². The first-order valence-corrected chi connectivity index (χ1v) is 13.8. The van der Waals surface area contributed by atoms with Crippen LogP contribution in [0.4, 0.5) is 13.6 Å². The van der Waals surface area contributed by atoms with Crippen LogP contribution in [-0.4, -0.2) is 88.4 Å². The largest absolute Gasteiger partial charge is 0.346 e. The molecule has 222 valence electrons. The highest BCUT2D eigenvalue weighted by Gasteiger charge is 2.30. The lowest BCUT2D eigenvalue weighted by Gasteiger charge is -2.39. The van der Waals surface area contributed by atoms with Crippen LogP contribution in [0, 0.1) is 11.6 Å². The van der Waals surface area contributed by atoms with Gasteiger partial charge < -0.3 is 4.90 Å². The van der Waals surface area contributed by atoms with Crippen LogP contribution in [0.1, 0.15) is 17.2 Å². The van der Waals surface area contributed by atoms with Gasteiger partial charge >= 0.3 is 6.03 Å². The molecule has 0 spiro atoms. The molecule has 0 atom stereocenters. The van der Waals surface area contributed by atoms with E-state index in [0.29, 0.717) is 59.9 Å². The van der Waals surface area contributed by atoms with E-state index in [2.05, 4.69) is 35.5 Å². The Morgan fingerprint density at radius 1 is 0.818 bits per heavy atom. The van der Waals surface area contributed by atoms with E-state index in [-0.39, 0.29) is 23.7 Å². The van der Waals surface area contributed by atoms with Crippen LogP contribution in [0.25, 0.3) is 22.3 Å². The Kier molecular flexibility index (Phi) is 8.25. The summed E-state index contributed by atoms with van der Waals surface area (Å²) in [6.07, 6.45) is 3.65. The summed E-state index contributed by atoms with van der Waals surface area (Å²) < 4.78 is 29.4. The maximum Gasteiger partial charge on any atom is 0.346 e. The van der Waals surface area contributed by atoms with Gasteiger partial charge in [0.05, 0.1) is 11.1 Å². The predicted octanol–water partition coefficient (Wildman–Crippen LogP) is 4.00. The van der Waals surface area contributed by atoms with E-state index < -0.39 is 0 Å². The monoisotopic (exact) mass is 616 g/mol. The first-order chi connectivity index (χ1) is 21.4. The van der Waals surface area contributed by atoms with Crippen LogP contribution in [0.2, 0.25) is 5.02 Å². The number of nitrogens with zero attached hydrogens (tertiary/aromatic N) is 10. The number of halogens is 3. The van der Waals surface area contributed by atoms with Crippen LogP contribution in [0.15, 0.2) is 79.1 Å². The number of carbonyl (C=O) groups excluding carboxylic acids is 2. The second kappa shape index (κ2) is 12.6. The SMILES string of the molecule is O=C(N1CCN(C(c2ccc(F)cc2)c2ccc(F)cc2)CC1)n1nnc2ncc(Cl)cc21.O=Cn1nnc2ncccc21. The Morgan fingerprint density at radius 2 is 1.43 bits per heavy atom. The fraction of sp³-hybridized carbons (Fsp3) is 0.172. The normalized spacial score (nSPS) is 13.7. The summed E-state index contributed by atoms with van der Waals surface area (Å²) in [4.78, 5) is 35.3. The average Bonchev–Trinajstić information content (AvgIpc) is 3.67. The fourth-order valence-electron chi connectivity index (χ4n) is 5.00. The molecule has 0 bridgehead atoms. The summed E-state index contributed by atoms with van der Waals surface area (Å²) in [5, 5.41) is 15.5. The number of amides is 1. The maximum absolute atomic E-state index is 13.5. The van der Waals surface area contributed by atoms with Gasteiger partial charge in [0, 0.05) is 38.6 Å². The zero-order chi connectivity index (χ0) is 30.6. The number of fused-ring (bicyclic) bond motifs is 2. The van der Waals surface area contributed by atoms with Crippen molar-refractivity contribution in [2.75, 3.05) is 26.2 Å². The number of benzene rings is 2. The highest BCUT2D eigenvalue weighted by atomic mass is 35.5. The molecule has 1 amide bonds. The molecule has 1 aliphatic rings. The summed E-state index contributed by atoms with van der Waals surface area (Å²) in [7, 11) is 0. The molecular formula is C29H23ClF2N10O2. The van der Waals surface area contributed by atoms with E-state index in [4.69, 9.17) is 11.6 Å². The molecule has 15 heteroatoms. The Labute approximate surface area is 253 Å². The quantitative estimate of drug-likeness (QED) is 0.270. The number of hydrogen-bond acceptors (Lipinski definition) is 9. The zero-order valence-electron chi connectivity index (χ0n) is 22.9. The van der Waals surface area contributed by atoms with Crippen molar-refractivity contribution in [2.45, 2.75) is 6.04 Å². The van der Waals surface area contributed by atoms with Crippen LogP contribution in [0.5, 0.6) is 0 Å². The first kappa shape index (κ1) is 28.9. The Morgan fingerprint density at radius 3 is 2.07 bits per heavy atom. The topological polar surface area (TPSA) is 128 Å². The minimum absolute atomic E-state index is 0.196. The molecule has 1 fully saturated rings. The van der Waals surface area contributed by atoms with Crippen LogP contribution in [-0.2, 0) is 4.79 Å². The van der Waals surface area contributed by atoms with E-state index in [1.54, 1.807) is 53.6 Å². The second-order valence-corrected chi connectivity index (χ2v) is 10.2. The summed E-state index contributed by atoms with van der Waals surface area (Å²) in [5.74, 6) is -0.636. The average molecular weight is 617 g/mol. The zero-order valence-corrected chi connectivity index (χ0v) is 23.7. The van der Waals surface area contributed by atoms with Gasteiger partial charge in [-0.05, 0) is 53.6 Å². The van der Waals surface area contributed by atoms with E-state index in [0.717, 1.165) is 15.8 Å². The molecule has 12 nitrogen and oxygen atoms in total. The number of pyridine rings is 2. The van der Waals surface area contributed by atoms with Gasteiger partial charge in [-0.1, -0.05) is 46.3 Å². The third kappa shape index (κ3) is 5.98. The molecular weight excluding hydrogens is 594 g/mol. The van der Waals surface area contributed by atoms with E-state index in [9.17, 15) is 18.4 Å². The molecule has 0 aliphatic carbocycles. The van der Waals surface area contributed by atoms with Crippen molar-refractivity contribution in [3.8, 4) is 0 Å². The number of piperazine rings is 1. The van der Waals surface area contributed by atoms with Crippen molar-refractivity contribution in [3.63, 3.8) is 0 Å². The summed E-state index contributed by atoms with van der Waals surface area (Å²) >= 11 is 6.02. The van der Waals surface area contributed by atoms with Gasteiger partial charge in [-0.15, -0.1) is 10.2 Å². The molecule has 0 saturated carbocycles. The first-order valence-electron chi connectivity index (χ1n) is 13.4. The van der Waals surface area contributed by atoms with Crippen LogP contribution >= 0.6 is 11.6 Å². The smallest absolute Gasteiger partial charge is 0.320 e. The maximum atomic E-state index is 13.5. The third-order valence-electron chi connectivity index (χ3n) is 7.12. The molecule has 0 radical (unpaired) electrons. The fourth-order valence-corrected chi connectivity index (χ4v) is 5.15. The molecule has 2 aromatic carbocycles. The van der Waals surface area contributed by atoms with Crippen molar-refractivity contribution in [1.82, 2.24) is 49.8 Å². The van der Waals surface area contributed by atoms with Crippen molar-refractivity contribution in [3.05, 3.63) is 107 Å². The van der Waals surface area contributed by atoms with Gasteiger partial charge in [0.25, 0.3) is 0 Å². The number of rotatable bonds is 4. The van der Waals surface area contributed by atoms with Gasteiger partial charge in [0.15, 0.2) is 0 Å². The van der Waals surface area contributed by atoms with Gasteiger partial charge in [-0.25, -0.2) is 23.5 Å². The van der Waals surface area contributed by atoms with Crippen molar-refractivity contribution < 1.29 is 18.4 Å². The van der Waals surface area contributed by atoms with E-state index in [1.807, 2.05) is 0 Å². The lowest BCUT2D eigenvalue weighted by Crippen LogP contribution is -2.51. The van der Waals surface area contributed by atoms with Crippen LogP contribution < -0.4 is 0 Å². The minimum atomic E-state index is -0.318. The predicted molar refractivity (Wildman–Crippen MR) is 156 cm³/mol. The standard InChI is InChI=1S/C23H19ClF2N6O.C6H4N4O/c24-17-13-20-22(27-14-17)28-29-32(20)23(33)31-11-9-30(10-12-31)21(15-1-5-18(25)6-2-15)16-3-7-19(26)8-4-16;11-4-10-5-2-1-3-7-6(5)8-9-10/h1-8,13-14,21H,9-12H2;1-4H. The molecule has 7 rings (SSSR count). The Hall–Kier alpha value is -5.21. The van der Waals surface area contributed by atoms with Gasteiger partial charge in [-0.2, -0.15) is 9.36 Å². The van der Waals surface area contributed by atoms with Gasteiger partial charge in [-0.3, -0.25) is 9.69 Å². The lowest BCUT2D eigenvalue weighted by molar-refractivity contribution is 0.120. The number of hydrogen-bond donors (Lipinski definition) is 0. The minimum Gasteiger partial charge on any atom is -0.320 e. The van der Waals surface area contributed by atoms with Crippen LogP contribution in [0.3, 0.4) is 0 Å². The van der Waals surface area contributed by atoms with Crippen molar-refractivity contribution in [1.29, 1.82) is 0 Å². The Bertz CT molecular complexity index is 1880. The molecule has 5 heterocycles. The summed E-state index contributed by atoms with van der Waals surface area (Å²) in [5.41, 5.74) is 3.70. The lowest BCUT2D eigenvalue weighted by atomic mass is 9.96. The van der Waals surface area contributed by atoms with Crippen molar-refractivity contribution in [2.24, 2.45) is 0 Å². The third-order valence-corrected chi connectivity index (χ3v) is 7.33. The molecule has 4 aromatic heterocycles. The Balaban J connectivity index is 0.000000261. The molecule has 44 heavy (non-hydrogen) atoms. The van der Waals surface area contributed by atoms with E-state index >= 15 is 0 Å². The molecule has 6 aromatic rings. The van der Waals surface area contributed by atoms with Gasteiger partial charge in [0.1, 0.15) is 22.7 Å². The highest BCUT2D eigenvalue weighted by molar-refractivity contribution is 6.31. The number of aromatic nitrogens is 8. The number of carbonyl (C=O) groups is 2. The summed E-state index contributed by atoms with van der Waals surface area (Å²) in [6, 6.07) is 17.2. The molecule has 1 aliphatic heterocycles. The molecule has 0 N–H and O–H groups in total. The molecule has 0 unspecified atom stereocenters. The summed E-state index contributed by atoms with van der Waals surface area (Å²) in [6.45, 7) is 2.04. The highest BCUT2D eigenvalue weighted by Crippen LogP contribution is 2.30. The van der Waals surface area contributed by atoms with Crippen molar-refractivity contribution >= 4 is 46.4 Å². The van der Waals surface area contributed by atoms with E-state index in [1.165, 1.54) is 35.1 Å². The second-order valence-electron chi connectivity index (χ2n) is 9.79. The molecule has 1 saturated heterocycles.